The molecular weight excluding hydrogens is 348 g/mol. The number of halogens is 1. The molecule has 0 atom stereocenters. The summed E-state index contributed by atoms with van der Waals surface area (Å²) in [5.74, 6) is -0.425. The molecule has 1 aromatic heterocycles. The SMILES string of the molecule is Cc1ccc(-c2[nH]c(O)c3c2C(=O)N=C3c2ccc(C)c(Cl)c2)cc1C. The van der Waals surface area contributed by atoms with Crippen molar-refractivity contribution in [3.63, 3.8) is 0 Å². The summed E-state index contributed by atoms with van der Waals surface area (Å²) in [6.07, 6.45) is 0. The maximum atomic E-state index is 12.6. The van der Waals surface area contributed by atoms with Crippen LogP contribution in [0.4, 0.5) is 0 Å². The Balaban J connectivity index is 1.88. The fourth-order valence-electron chi connectivity index (χ4n) is 3.21. The number of fused-ring (bicyclic) bond motifs is 1. The summed E-state index contributed by atoms with van der Waals surface area (Å²) >= 11 is 6.22. The van der Waals surface area contributed by atoms with Crippen molar-refractivity contribution in [3.05, 3.63) is 74.8 Å². The number of aromatic amines is 1. The molecule has 0 saturated heterocycles. The molecule has 0 bridgehead atoms. The van der Waals surface area contributed by atoms with Crippen molar-refractivity contribution in [2.24, 2.45) is 4.99 Å². The summed E-state index contributed by atoms with van der Waals surface area (Å²) in [7, 11) is 0. The van der Waals surface area contributed by atoms with Gasteiger partial charge in [-0.1, -0.05) is 35.9 Å². The van der Waals surface area contributed by atoms with E-state index in [1.807, 2.05) is 51.1 Å². The van der Waals surface area contributed by atoms with Crippen molar-refractivity contribution in [1.29, 1.82) is 0 Å². The standard InChI is InChI=1S/C21H17ClN2O2/c1-10-4-6-13(8-12(10)3)18-16-17(21(26)23-18)19(24-20(16)25)14-7-5-11(2)15(22)9-14/h4-9,23,26H,1-3H3. The maximum absolute atomic E-state index is 12.6. The highest BCUT2D eigenvalue weighted by Crippen LogP contribution is 2.38. The Morgan fingerprint density at radius 3 is 2.31 bits per heavy atom. The van der Waals surface area contributed by atoms with Gasteiger partial charge in [0.05, 0.1) is 22.5 Å². The van der Waals surface area contributed by atoms with Gasteiger partial charge in [0, 0.05) is 10.6 Å². The van der Waals surface area contributed by atoms with Gasteiger partial charge in [-0.05, 0) is 55.2 Å². The highest BCUT2D eigenvalue weighted by atomic mass is 35.5. The van der Waals surface area contributed by atoms with E-state index in [-0.39, 0.29) is 11.8 Å². The third kappa shape index (κ3) is 2.45. The zero-order valence-electron chi connectivity index (χ0n) is 14.6. The smallest absolute Gasteiger partial charge is 0.280 e. The lowest BCUT2D eigenvalue weighted by molar-refractivity contribution is 0.101. The van der Waals surface area contributed by atoms with Crippen LogP contribution in [-0.4, -0.2) is 21.7 Å². The number of hydrogen-bond acceptors (Lipinski definition) is 2. The number of nitrogens with zero attached hydrogens (tertiary/aromatic N) is 1. The van der Waals surface area contributed by atoms with Crippen LogP contribution < -0.4 is 0 Å². The molecule has 1 amide bonds. The van der Waals surface area contributed by atoms with Gasteiger partial charge in [-0.2, -0.15) is 0 Å². The Morgan fingerprint density at radius 2 is 1.62 bits per heavy atom. The monoisotopic (exact) mass is 364 g/mol. The Hall–Kier alpha value is -2.85. The number of hydrogen-bond donors (Lipinski definition) is 2. The van der Waals surface area contributed by atoms with E-state index >= 15 is 0 Å². The molecule has 0 unspecified atom stereocenters. The third-order valence-electron chi connectivity index (χ3n) is 4.89. The first-order valence-electron chi connectivity index (χ1n) is 8.29. The summed E-state index contributed by atoms with van der Waals surface area (Å²) in [6.45, 7) is 5.95. The number of carbonyl (C=O) groups excluding carboxylic acids is 1. The second-order valence-electron chi connectivity index (χ2n) is 6.63. The van der Waals surface area contributed by atoms with Gasteiger partial charge < -0.3 is 10.1 Å². The first-order valence-corrected chi connectivity index (χ1v) is 8.67. The Kier molecular flexibility index (Phi) is 3.74. The van der Waals surface area contributed by atoms with E-state index in [9.17, 15) is 9.90 Å². The summed E-state index contributed by atoms with van der Waals surface area (Å²) < 4.78 is 0. The molecule has 26 heavy (non-hydrogen) atoms. The van der Waals surface area contributed by atoms with E-state index in [0.29, 0.717) is 33.1 Å². The van der Waals surface area contributed by atoms with Gasteiger partial charge >= 0.3 is 0 Å². The first-order chi connectivity index (χ1) is 12.4. The molecule has 0 aliphatic carbocycles. The minimum absolute atomic E-state index is 0.0606. The van der Waals surface area contributed by atoms with Crippen molar-refractivity contribution >= 4 is 23.2 Å². The number of aromatic nitrogens is 1. The van der Waals surface area contributed by atoms with E-state index in [1.54, 1.807) is 6.07 Å². The topological polar surface area (TPSA) is 65.4 Å². The van der Waals surface area contributed by atoms with Crippen molar-refractivity contribution in [2.75, 3.05) is 0 Å². The van der Waals surface area contributed by atoms with Crippen LogP contribution in [0.3, 0.4) is 0 Å². The molecule has 2 N–H and O–H groups in total. The molecule has 1 aliphatic heterocycles. The highest BCUT2D eigenvalue weighted by Gasteiger charge is 2.33. The summed E-state index contributed by atoms with van der Waals surface area (Å²) in [4.78, 5) is 19.7. The fourth-order valence-corrected chi connectivity index (χ4v) is 3.39. The molecular formula is C21H17ClN2O2. The van der Waals surface area contributed by atoms with E-state index in [1.165, 1.54) is 5.56 Å². The van der Waals surface area contributed by atoms with Crippen LogP contribution in [-0.2, 0) is 0 Å². The number of aliphatic imine (C=N–C) groups is 1. The molecule has 2 aromatic carbocycles. The normalized spacial score (nSPS) is 13.1. The molecule has 4 nitrogen and oxygen atoms in total. The zero-order chi connectivity index (χ0) is 18.6. The third-order valence-corrected chi connectivity index (χ3v) is 5.29. The average Bonchev–Trinajstić information content (AvgIpc) is 3.12. The van der Waals surface area contributed by atoms with Crippen LogP contribution in [0.5, 0.6) is 5.88 Å². The van der Waals surface area contributed by atoms with Gasteiger partial charge in [0.25, 0.3) is 5.91 Å². The second-order valence-corrected chi connectivity index (χ2v) is 7.03. The molecule has 1 aliphatic rings. The first kappa shape index (κ1) is 16.6. The average molecular weight is 365 g/mol. The number of carbonyl (C=O) groups is 1. The number of H-pyrrole nitrogens is 1. The molecule has 3 aromatic rings. The molecule has 0 fully saturated rings. The molecule has 5 heteroatoms. The number of rotatable bonds is 2. The number of benzene rings is 2. The molecule has 0 saturated carbocycles. The highest BCUT2D eigenvalue weighted by molar-refractivity contribution is 6.34. The molecule has 4 rings (SSSR count). The lowest BCUT2D eigenvalue weighted by Crippen LogP contribution is -2.00. The van der Waals surface area contributed by atoms with E-state index < -0.39 is 0 Å². The van der Waals surface area contributed by atoms with Gasteiger partial charge in [-0.25, -0.2) is 4.99 Å². The lowest BCUT2D eigenvalue weighted by Gasteiger charge is -2.04. The minimum Gasteiger partial charge on any atom is -0.494 e. The van der Waals surface area contributed by atoms with Gasteiger partial charge in [0.2, 0.25) is 0 Å². The van der Waals surface area contributed by atoms with Crippen LogP contribution in [0.2, 0.25) is 5.02 Å². The van der Waals surface area contributed by atoms with Crippen LogP contribution in [0, 0.1) is 20.8 Å². The van der Waals surface area contributed by atoms with E-state index in [4.69, 9.17) is 11.6 Å². The summed E-state index contributed by atoms with van der Waals surface area (Å²) in [5.41, 5.74) is 6.62. The second kappa shape index (κ2) is 5.85. The van der Waals surface area contributed by atoms with Gasteiger partial charge in [0.1, 0.15) is 0 Å². The quantitative estimate of drug-likeness (QED) is 0.675. The van der Waals surface area contributed by atoms with Gasteiger partial charge in [0.15, 0.2) is 5.88 Å². The van der Waals surface area contributed by atoms with E-state index in [0.717, 1.165) is 16.7 Å². The molecule has 130 valence electrons. The van der Waals surface area contributed by atoms with Crippen molar-refractivity contribution in [2.45, 2.75) is 20.8 Å². The number of aryl methyl sites for hydroxylation is 3. The molecule has 0 spiro atoms. The Bertz CT molecular complexity index is 1110. The van der Waals surface area contributed by atoms with Crippen LogP contribution in [0.1, 0.15) is 38.2 Å². The Morgan fingerprint density at radius 1 is 0.923 bits per heavy atom. The van der Waals surface area contributed by atoms with Gasteiger partial charge in [-0.3, -0.25) is 4.79 Å². The number of nitrogens with one attached hydrogen (secondary N) is 1. The zero-order valence-corrected chi connectivity index (χ0v) is 15.4. The van der Waals surface area contributed by atoms with Crippen molar-refractivity contribution < 1.29 is 9.90 Å². The van der Waals surface area contributed by atoms with Crippen LogP contribution in [0.15, 0.2) is 41.4 Å². The minimum atomic E-state index is -0.364. The Labute approximate surface area is 156 Å². The largest absolute Gasteiger partial charge is 0.494 e. The van der Waals surface area contributed by atoms with Crippen molar-refractivity contribution in [3.8, 4) is 17.1 Å². The van der Waals surface area contributed by atoms with Crippen LogP contribution >= 0.6 is 11.6 Å². The summed E-state index contributed by atoms with van der Waals surface area (Å²) in [6, 6.07) is 11.4. The number of aromatic hydroxyl groups is 1. The predicted octanol–water partition coefficient (Wildman–Crippen LogP) is 4.96. The molecule has 2 heterocycles. The van der Waals surface area contributed by atoms with E-state index in [2.05, 4.69) is 9.98 Å². The molecule has 0 radical (unpaired) electrons. The number of amides is 1. The fraction of sp³-hybridized carbons (Fsp3) is 0.143. The van der Waals surface area contributed by atoms with Crippen LogP contribution in [0.25, 0.3) is 11.3 Å². The van der Waals surface area contributed by atoms with Gasteiger partial charge in [-0.15, -0.1) is 0 Å². The lowest BCUT2D eigenvalue weighted by atomic mass is 9.98. The summed E-state index contributed by atoms with van der Waals surface area (Å²) in [5, 5.41) is 11.1. The predicted molar refractivity (Wildman–Crippen MR) is 104 cm³/mol. The van der Waals surface area contributed by atoms with Crippen molar-refractivity contribution in [1.82, 2.24) is 4.98 Å². The maximum Gasteiger partial charge on any atom is 0.280 e.